The van der Waals surface area contributed by atoms with Crippen molar-refractivity contribution >= 4 is 31.7 Å². The number of hydrogen-bond acceptors (Lipinski definition) is 5. The van der Waals surface area contributed by atoms with Crippen molar-refractivity contribution in [1.29, 1.82) is 0 Å². The quantitative estimate of drug-likeness (QED) is 0.857. The van der Waals surface area contributed by atoms with Crippen molar-refractivity contribution in [3.63, 3.8) is 0 Å². The van der Waals surface area contributed by atoms with Crippen LogP contribution in [0.3, 0.4) is 0 Å². The van der Waals surface area contributed by atoms with Crippen LogP contribution in [-0.4, -0.2) is 8.42 Å². The van der Waals surface area contributed by atoms with Crippen molar-refractivity contribution in [3.05, 3.63) is 38.9 Å². The Labute approximate surface area is 126 Å². The number of hydrogen-bond donors (Lipinski definition) is 1. The van der Waals surface area contributed by atoms with Crippen molar-refractivity contribution in [2.75, 3.05) is 0 Å². The molecule has 1 aromatic heterocycles. The summed E-state index contributed by atoms with van der Waals surface area (Å²) in [5.41, 5.74) is 2.03. The molecular formula is C14H15NO4S2. The van der Waals surface area contributed by atoms with Gasteiger partial charge in [0, 0.05) is 10.3 Å². The zero-order valence-electron chi connectivity index (χ0n) is 11.3. The van der Waals surface area contributed by atoms with Crippen LogP contribution in [0.1, 0.15) is 30.4 Å². The first-order valence-electron chi connectivity index (χ1n) is 6.75. The lowest BCUT2D eigenvalue weighted by Gasteiger charge is -2.10. The highest BCUT2D eigenvalue weighted by Gasteiger charge is 2.16. The first kappa shape index (κ1) is 14.5. The van der Waals surface area contributed by atoms with Crippen LogP contribution in [0.5, 0.6) is 5.75 Å². The number of nitrogens with two attached hydrogens (primary N) is 1. The van der Waals surface area contributed by atoms with Crippen molar-refractivity contribution in [2.45, 2.75) is 32.1 Å². The summed E-state index contributed by atoms with van der Waals surface area (Å²) in [5.74, 6) is 0.134. The van der Waals surface area contributed by atoms with E-state index >= 15 is 0 Å². The van der Waals surface area contributed by atoms with Crippen molar-refractivity contribution in [1.82, 2.24) is 0 Å². The molecule has 5 nitrogen and oxygen atoms in total. The smallest absolute Gasteiger partial charge is 0.371 e. The summed E-state index contributed by atoms with van der Waals surface area (Å²) in [6, 6.07) is 4.96. The second-order valence-corrected chi connectivity index (χ2v) is 7.31. The van der Waals surface area contributed by atoms with Gasteiger partial charge in [0.05, 0.1) is 0 Å². The van der Waals surface area contributed by atoms with E-state index in [1.807, 2.05) is 6.07 Å². The molecule has 1 aliphatic carbocycles. The molecular weight excluding hydrogens is 310 g/mol. The zero-order valence-corrected chi connectivity index (χ0v) is 12.9. The van der Waals surface area contributed by atoms with E-state index in [1.165, 1.54) is 0 Å². The third kappa shape index (κ3) is 3.09. The molecule has 0 radical (unpaired) electrons. The summed E-state index contributed by atoms with van der Waals surface area (Å²) in [4.78, 5) is 12.3. The van der Waals surface area contributed by atoms with E-state index in [0.29, 0.717) is 0 Å². The van der Waals surface area contributed by atoms with E-state index in [1.54, 1.807) is 12.1 Å². The molecule has 112 valence electrons. The van der Waals surface area contributed by atoms with E-state index in [4.69, 9.17) is 5.14 Å². The monoisotopic (exact) mass is 325 g/mol. The largest absolute Gasteiger partial charge is 0.380 e. The molecule has 1 aliphatic rings. The van der Waals surface area contributed by atoms with Gasteiger partial charge < -0.3 is 4.18 Å². The van der Waals surface area contributed by atoms with Crippen LogP contribution in [0.4, 0.5) is 0 Å². The predicted octanol–water partition coefficient (Wildman–Crippen LogP) is 2.11. The van der Waals surface area contributed by atoms with E-state index < -0.39 is 10.3 Å². The van der Waals surface area contributed by atoms with Gasteiger partial charge in [-0.25, -0.2) is 0 Å². The minimum atomic E-state index is -4.05. The fraction of sp³-hybridized carbons (Fsp3) is 0.357. The van der Waals surface area contributed by atoms with Gasteiger partial charge in [-0.15, -0.1) is 0 Å². The van der Waals surface area contributed by atoms with Crippen molar-refractivity contribution in [2.24, 2.45) is 5.14 Å². The van der Waals surface area contributed by atoms with Crippen molar-refractivity contribution in [3.8, 4) is 5.75 Å². The first-order valence-corrected chi connectivity index (χ1v) is 9.04. The maximum atomic E-state index is 12.3. The second kappa shape index (κ2) is 5.40. The molecule has 0 bridgehead atoms. The van der Waals surface area contributed by atoms with Gasteiger partial charge in [0.1, 0.15) is 5.75 Å². The maximum absolute atomic E-state index is 12.3. The lowest BCUT2D eigenvalue weighted by Crippen LogP contribution is -2.18. The Balaban J connectivity index is 2.18. The Morgan fingerprint density at radius 2 is 1.81 bits per heavy atom. The molecule has 0 unspecified atom stereocenters. The summed E-state index contributed by atoms with van der Waals surface area (Å²) in [7, 11) is -4.05. The third-order valence-corrected chi connectivity index (χ3v) is 5.07. The minimum Gasteiger partial charge on any atom is -0.371 e. The summed E-state index contributed by atoms with van der Waals surface area (Å²) in [6.45, 7) is 0. The molecule has 2 aromatic rings. The highest BCUT2D eigenvalue weighted by Crippen LogP contribution is 2.30. The third-order valence-electron chi connectivity index (χ3n) is 3.66. The standard InChI is InChI=1S/C14H15NO4S2/c15-21(17,18)19-9-6-7-11-10-4-2-1-3-5-12(10)14(16)20-13(11)8-9/h6-8H,1-5H2,(H2,15,17,18). The maximum Gasteiger partial charge on any atom is 0.380 e. The molecule has 7 heteroatoms. The predicted molar refractivity (Wildman–Crippen MR) is 83.1 cm³/mol. The van der Waals surface area contributed by atoms with Crippen LogP contribution >= 0.6 is 11.3 Å². The van der Waals surface area contributed by atoms with E-state index in [2.05, 4.69) is 4.18 Å². The van der Waals surface area contributed by atoms with Gasteiger partial charge in [0.25, 0.3) is 0 Å². The molecule has 0 amide bonds. The molecule has 0 saturated carbocycles. The Morgan fingerprint density at radius 3 is 2.52 bits per heavy atom. The lowest BCUT2D eigenvalue weighted by atomic mass is 10.0. The molecule has 0 aliphatic heterocycles. The lowest BCUT2D eigenvalue weighted by molar-refractivity contribution is 0.488. The van der Waals surface area contributed by atoms with Gasteiger partial charge in [-0.2, -0.15) is 13.6 Å². The topological polar surface area (TPSA) is 86.5 Å². The first-order chi connectivity index (χ1) is 9.94. The van der Waals surface area contributed by atoms with Crippen LogP contribution < -0.4 is 14.1 Å². The summed E-state index contributed by atoms with van der Waals surface area (Å²) in [6.07, 6.45) is 4.98. The summed E-state index contributed by atoms with van der Waals surface area (Å²) >= 11 is 1.13. The van der Waals surface area contributed by atoms with Crippen LogP contribution in [-0.2, 0) is 23.1 Å². The molecule has 21 heavy (non-hydrogen) atoms. The van der Waals surface area contributed by atoms with Crippen molar-refractivity contribution < 1.29 is 12.6 Å². The van der Waals surface area contributed by atoms with Crippen LogP contribution in [0, 0.1) is 0 Å². The van der Waals surface area contributed by atoms with E-state index in [9.17, 15) is 13.2 Å². The van der Waals surface area contributed by atoms with E-state index in [-0.39, 0.29) is 10.5 Å². The normalized spacial score (nSPS) is 15.5. The van der Waals surface area contributed by atoms with E-state index in [0.717, 1.165) is 64.7 Å². The second-order valence-electron chi connectivity index (χ2n) is 5.14. The molecule has 0 atom stereocenters. The Kier molecular flexibility index (Phi) is 3.73. The molecule has 0 spiro atoms. The molecule has 2 N–H and O–H groups in total. The number of rotatable bonds is 2. The molecule has 3 rings (SSSR count). The molecule has 1 aromatic carbocycles. The average Bonchev–Trinajstić information content (AvgIpc) is 2.62. The highest BCUT2D eigenvalue weighted by atomic mass is 32.2. The van der Waals surface area contributed by atoms with Gasteiger partial charge in [-0.05, 0) is 54.8 Å². The number of aryl methyl sites for hydroxylation is 1. The Morgan fingerprint density at radius 1 is 1.10 bits per heavy atom. The average molecular weight is 325 g/mol. The number of benzene rings is 1. The fourth-order valence-electron chi connectivity index (χ4n) is 2.79. The van der Waals surface area contributed by atoms with Gasteiger partial charge in [-0.1, -0.05) is 17.8 Å². The highest BCUT2D eigenvalue weighted by molar-refractivity contribution is 7.84. The summed E-state index contributed by atoms with van der Waals surface area (Å²) in [5, 5.41) is 5.88. The minimum absolute atomic E-state index is 0.0622. The van der Waals surface area contributed by atoms with Gasteiger partial charge >= 0.3 is 10.3 Å². The van der Waals surface area contributed by atoms with Gasteiger partial charge in [0.2, 0.25) is 4.74 Å². The summed E-state index contributed by atoms with van der Waals surface area (Å²) < 4.78 is 27.4. The Bertz CT molecular complexity index is 855. The molecule has 1 heterocycles. The Hall–Kier alpha value is -1.44. The van der Waals surface area contributed by atoms with Crippen LogP contribution in [0.2, 0.25) is 0 Å². The fourth-order valence-corrected chi connectivity index (χ4v) is 4.18. The van der Waals surface area contributed by atoms with Crippen LogP contribution in [0.15, 0.2) is 23.0 Å². The molecule has 0 fully saturated rings. The molecule has 0 saturated heterocycles. The van der Waals surface area contributed by atoms with Crippen LogP contribution in [0.25, 0.3) is 10.1 Å². The van der Waals surface area contributed by atoms with Gasteiger partial charge in [0.15, 0.2) is 0 Å². The van der Waals surface area contributed by atoms with Gasteiger partial charge in [-0.3, -0.25) is 4.79 Å². The number of fused-ring (bicyclic) bond motifs is 3. The zero-order chi connectivity index (χ0) is 15.0. The SMILES string of the molecule is NS(=O)(=O)Oc1ccc2c3c(c(=O)sc2c1)CCCCC3.